The number of amides is 2. The summed E-state index contributed by atoms with van der Waals surface area (Å²) in [5.41, 5.74) is 3.22. The Morgan fingerprint density at radius 2 is 2.03 bits per heavy atom. The van der Waals surface area contributed by atoms with Crippen molar-refractivity contribution in [2.24, 2.45) is 0 Å². The highest BCUT2D eigenvalue weighted by molar-refractivity contribution is 6.33. The highest BCUT2D eigenvalue weighted by Gasteiger charge is 2.29. The summed E-state index contributed by atoms with van der Waals surface area (Å²) in [6.45, 7) is 1.82. The van der Waals surface area contributed by atoms with Crippen LogP contribution < -0.4 is 10.6 Å². The smallest absolute Gasteiger partial charge is 0.254 e. The molecule has 0 radical (unpaired) electrons. The van der Waals surface area contributed by atoms with Crippen LogP contribution in [0.4, 0.5) is 10.3 Å². The summed E-state index contributed by atoms with van der Waals surface area (Å²) in [4.78, 5) is 35.9. The van der Waals surface area contributed by atoms with E-state index < -0.39 is 0 Å². The van der Waals surface area contributed by atoms with Gasteiger partial charge in [0, 0.05) is 43.5 Å². The number of carbonyl (C=O) groups excluding carboxylic acids is 2. The molecule has 1 saturated heterocycles. The lowest BCUT2D eigenvalue weighted by Gasteiger charge is -2.23. The number of aromatic nitrogens is 2. The summed E-state index contributed by atoms with van der Waals surface area (Å²) >= 11 is 6.41. The summed E-state index contributed by atoms with van der Waals surface area (Å²) in [5.74, 6) is -0.440. The van der Waals surface area contributed by atoms with Gasteiger partial charge in [-0.25, -0.2) is 14.4 Å². The van der Waals surface area contributed by atoms with Gasteiger partial charge in [-0.2, -0.15) is 0 Å². The van der Waals surface area contributed by atoms with Gasteiger partial charge in [0.05, 0.1) is 16.9 Å². The van der Waals surface area contributed by atoms with Crippen molar-refractivity contribution < 1.29 is 18.7 Å². The third kappa shape index (κ3) is 5.47. The van der Waals surface area contributed by atoms with Gasteiger partial charge in [-0.1, -0.05) is 35.9 Å². The monoisotopic (exact) mass is 509 g/mol. The number of benzene rings is 2. The molecule has 2 N–H and O–H groups in total. The van der Waals surface area contributed by atoms with E-state index in [1.54, 1.807) is 24.4 Å². The predicted octanol–water partition coefficient (Wildman–Crippen LogP) is 3.80. The topological polar surface area (TPSA) is 96.5 Å². The van der Waals surface area contributed by atoms with Crippen LogP contribution in [-0.4, -0.2) is 52.5 Å². The first-order chi connectivity index (χ1) is 17.5. The quantitative estimate of drug-likeness (QED) is 0.503. The van der Waals surface area contributed by atoms with E-state index in [2.05, 4.69) is 20.6 Å². The van der Waals surface area contributed by atoms with Crippen LogP contribution in [-0.2, 0) is 22.6 Å². The fraction of sp³-hybridized carbons (Fsp3) is 0.308. The fourth-order valence-electron chi connectivity index (χ4n) is 4.38. The Morgan fingerprint density at radius 1 is 1.19 bits per heavy atom. The Bertz CT molecular complexity index is 1300. The number of nitrogens with one attached hydrogen (secondary N) is 2. The zero-order valence-electron chi connectivity index (χ0n) is 19.5. The van der Waals surface area contributed by atoms with Crippen molar-refractivity contribution in [2.75, 3.05) is 25.1 Å². The Morgan fingerprint density at radius 3 is 2.83 bits per heavy atom. The Balaban J connectivity index is 1.26. The van der Waals surface area contributed by atoms with Crippen molar-refractivity contribution in [3.63, 3.8) is 0 Å². The van der Waals surface area contributed by atoms with Gasteiger partial charge in [0.25, 0.3) is 5.91 Å². The lowest BCUT2D eigenvalue weighted by atomic mass is 10.0. The average Bonchev–Trinajstić information content (AvgIpc) is 3.19. The molecule has 2 aliphatic rings. The van der Waals surface area contributed by atoms with E-state index in [9.17, 15) is 14.0 Å². The highest BCUT2D eigenvalue weighted by atomic mass is 35.5. The molecule has 2 aromatic carbocycles. The van der Waals surface area contributed by atoms with E-state index in [1.165, 1.54) is 17.0 Å². The Labute approximate surface area is 212 Å². The first-order valence-electron chi connectivity index (χ1n) is 11.8. The van der Waals surface area contributed by atoms with Gasteiger partial charge < -0.3 is 20.3 Å². The third-order valence-corrected chi connectivity index (χ3v) is 6.55. The van der Waals surface area contributed by atoms with Crippen LogP contribution in [0, 0.1) is 5.82 Å². The van der Waals surface area contributed by atoms with Gasteiger partial charge in [-0.3, -0.25) is 9.59 Å². The first kappa shape index (κ1) is 24.1. The minimum absolute atomic E-state index is 0.0917. The molecule has 0 aliphatic carbocycles. The highest BCUT2D eigenvalue weighted by Crippen LogP contribution is 2.31. The van der Waals surface area contributed by atoms with E-state index in [0.717, 1.165) is 18.4 Å². The molecule has 10 heteroatoms. The number of rotatable bonds is 7. The SMILES string of the molecule is O=C(CN1Cc2ccc(-c3nc(NC4CCOCC4)ncc3Cl)cc2C1=O)NCc1cccc(F)c1. The van der Waals surface area contributed by atoms with Crippen LogP contribution >= 0.6 is 11.6 Å². The Kier molecular flexibility index (Phi) is 7.11. The second kappa shape index (κ2) is 10.6. The number of fused-ring (bicyclic) bond motifs is 1. The summed E-state index contributed by atoms with van der Waals surface area (Å²) in [5, 5.41) is 6.45. The molecule has 8 nitrogen and oxygen atoms in total. The molecule has 186 valence electrons. The molecule has 0 saturated carbocycles. The maximum atomic E-state index is 13.3. The summed E-state index contributed by atoms with van der Waals surface area (Å²) in [7, 11) is 0. The molecule has 3 heterocycles. The minimum Gasteiger partial charge on any atom is -0.381 e. The molecule has 0 spiro atoms. The van der Waals surface area contributed by atoms with Crippen molar-refractivity contribution in [3.8, 4) is 11.3 Å². The lowest BCUT2D eigenvalue weighted by Crippen LogP contribution is -2.37. The average molecular weight is 510 g/mol. The van der Waals surface area contributed by atoms with Gasteiger partial charge in [-0.05, 0) is 42.2 Å². The number of halogens is 2. The number of anilines is 1. The molecule has 0 bridgehead atoms. The van der Waals surface area contributed by atoms with Crippen LogP contribution in [0.2, 0.25) is 5.02 Å². The van der Waals surface area contributed by atoms with Crippen molar-refractivity contribution >= 4 is 29.4 Å². The van der Waals surface area contributed by atoms with Gasteiger partial charge in [0.2, 0.25) is 11.9 Å². The molecule has 3 aromatic rings. The predicted molar refractivity (Wildman–Crippen MR) is 133 cm³/mol. The number of carbonyl (C=O) groups is 2. The number of hydrogen-bond donors (Lipinski definition) is 2. The van der Waals surface area contributed by atoms with Gasteiger partial charge in [-0.15, -0.1) is 0 Å². The van der Waals surface area contributed by atoms with E-state index in [-0.39, 0.29) is 36.8 Å². The molecule has 1 fully saturated rings. The van der Waals surface area contributed by atoms with Gasteiger partial charge in [0.1, 0.15) is 12.4 Å². The molecule has 36 heavy (non-hydrogen) atoms. The zero-order valence-corrected chi connectivity index (χ0v) is 20.2. The summed E-state index contributed by atoms with van der Waals surface area (Å²) in [6, 6.07) is 11.7. The largest absolute Gasteiger partial charge is 0.381 e. The summed E-state index contributed by atoms with van der Waals surface area (Å²) in [6.07, 6.45) is 3.30. The van der Waals surface area contributed by atoms with E-state index in [0.29, 0.717) is 53.1 Å². The fourth-order valence-corrected chi connectivity index (χ4v) is 4.58. The van der Waals surface area contributed by atoms with Crippen molar-refractivity contribution in [1.29, 1.82) is 0 Å². The first-order valence-corrected chi connectivity index (χ1v) is 12.1. The van der Waals surface area contributed by atoms with Crippen LogP contribution in [0.1, 0.15) is 34.3 Å². The Hall–Kier alpha value is -3.56. The van der Waals surface area contributed by atoms with Crippen molar-refractivity contribution in [3.05, 3.63) is 76.2 Å². The normalized spacial score (nSPS) is 15.6. The molecule has 5 rings (SSSR count). The molecule has 1 aromatic heterocycles. The van der Waals surface area contributed by atoms with Crippen LogP contribution in [0.25, 0.3) is 11.3 Å². The van der Waals surface area contributed by atoms with Gasteiger partial charge >= 0.3 is 0 Å². The van der Waals surface area contributed by atoms with Crippen LogP contribution in [0.15, 0.2) is 48.7 Å². The van der Waals surface area contributed by atoms with Crippen molar-refractivity contribution in [2.45, 2.75) is 32.0 Å². The molecular weight excluding hydrogens is 485 g/mol. The van der Waals surface area contributed by atoms with Crippen LogP contribution in [0.3, 0.4) is 0 Å². The zero-order chi connectivity index (χ0) is 25.1. The molecule has 2 amide bonds. The van der Waals surface area contributed by atoms with Crippen LogP contribution in [0.5, 0.6) is 0 Å². The maximum Gasteiger partial charge on any atom is 0.254 e. The standard InChI is InChI=1S/C26H25ClFN5O3/c27-22-13-30-26(31-20-6-8-36-9-7-20)32-24(22)17-4-5-18-14-33(25(35)21(18)11-17)15-23(34)29-12-16-2-1-3-19(28)10-16/h1-5,10-11,13,20H,6-9,12,14-15H2,(H,29,34)(H,30,31,32). The minimum atomic E-state index is -0.363. The second-order valence-electron chi connectivity index (χ2n) is 8.86. The maximum absolute atomic E-state index is 13.3. The lowest BCUT2D eigenvalue weighted by molar-refractivity contribution is -0.122. The molecule has 0 unspecified atom stereocenters. The summed E-state index contributed by atoms with van der Waals surface area (Å²) < 4.78 is 18.7. The van der Waals surface area contributed by atoms with E-state index in [1.807, 2.05) is 12.1 Å². The molecular formula is C26H25ClFN5O3. The van der Waals surface area contributed by atoms with E-state index in [4.69, 9.17) is 16.3 Å². The van der Waals surface area contributed by atoms with Gasteiger partial charge in [0.15, 0.2) is 0 Å². The van der Waals surface area contributed by atoms with Crippen molar-refractivity contribution in [1.82, 2.24) is 20.2 Å². The second-order valence-corrected chi connectivity index (χ2v) is 9.27. The van der Waals surface area contributed by atoms with E-state index >= 15 is 0 Å². The number of ether oxygens (including phenoxy) is 1. The molecule has 2 aliphatic heterocycles. The third-order valence-electron chi connectivity index (χ3n) is 6.27. The number of nitrogens with zero attached hydrogens (tertiary/aromatic N) is 3. The molecule has 0 atom stereocenters. The number of hydrogen-bond acceptors (Lipinski definition) is 6.